The maximum absolute atomic E-state index is 11.5. The SMILES string of the molecule is C#Cc1c(C(=O)O)ccc(-c2ccccc2)c1C(=O)O. The lowest BCUT2D eigenvalue weighted by molar-refractivity contribution is 0.0696. The Morgan fingerprint density at radius 3 is 2.10 bits per heavy atom. The smallest absolute Gasteiger partial charge is 0.337 e. The molecule has 0 aliphatic rings. The quantitative estimate of drug-likeness (QED) is 0.838. The molecule has 2 N–H and O–H groups in total. The van der Waals surface area contributed by atoms with Gasteiger partial charge in [-0.3, -0.25) is 0 Å². The van der Waals surface area contributed by atoms with Crippen molar-refractivity contribution in [3.05, 3.63) is 59.2 Å². The summed E-state index contributed by atoms with van der Waals surface area (Å²) in [6.45, 7) is 0. The summed E-state index contributed by atoms with van der Waals surface area (Å²) in [6.07, 6.45) is 5.30. The van der Waals surface area contributed by atoms with Crippen molar-refractivity contribution in [3.63, 3.8) is 0 Å². The molecule has 0 spiro atoms. The normalized spacial score (nSPS) is 9.75. The fourth-order valence-electron chi connectivity index (χ4n) is 2.01. The fourth-order valence-corrected chi connectivity index (χ4v) is 2.01. The molecule has 20 heavy (non-hydrogen) atoms. The lowest BCUT2D eigenvalue weighted by atomic mass is 9.92. The Morgan fingerprint density at radius 1 is 0.950 bits per heavy atom. The molecule has 0 radical (unpaired) electrons. The highest BCUT2D eigenvalue weighted by Crippen LogP contribution is 2.28. The van der Waals surface area contributed by atoms with Crippen molar-refractivity contribution >= 4 is 11.9 Å². The Morgan fingerprint density at radius 2 is 1.60 bits per heavy atom. The number of carboxylic acids is 2. The van der Waals surface area contributed by atoms with E-state index in [-0.39, 0.29) is 16.7 Å². The topological polar surface area (TPSA) is 74.6 Å². The minimum Gasteiger partial charge on any atom is -0.478 e. The highest BCUT2D eigenvalue weighted by molar-refractivity contribution is 6.03. The zero-order valence-electron chi connectivity index (χ0n) is 10.3. The van der Waals surface area contributed by atoms with Gasteiger partial charge in [0.2, 0.25) is 0 Å². The van der Waals surface area contributed by atoms with Gasteiger partial charge in [0, 0.05) is 0 Å². The first kappa shape index (κ1) is 13.4. The van der Waals surface area contributed by atoms with E-state index in [2.05, 4.69) is 5.92 Å². The molecule has 4 nitrogen and oxygen atoms in total. The number of hydrogen-bond acceptors (Lipinski definition) is 2. The number of rotatable bonds is 3. The van der Waals surface area contributed by atoms with Crippen molar-refractivity contribution in [2.45, 2.75) is 0 Å². The first-order valence-corrected chi connectivity index (χ1v) is 5.72. The van der Waals surface area contributed by atoms with Crippen LogP contribution in [0.5, 0.6) is 0 Å². The number of carboxylic acid groups (broad SMARTS) is 2. The number of terminal acetylenes is 1. The molecule has 0 aromatic heterocycles. The Kier molecular flexibility index (Phi) is 3.54. The van der Waals surface area contributed by atoms with Gasteiger partial charge in [0.25, 0.3) is 0 Å². The molecule has 0 unspecified atom stereocenters. The van der Waals surface area contributed by atoms with E-state index in [1.165, 1.54) is 12.1 Å². The predicted octanol–water partition coefficient (Wildman–Crippen LogP) is 2.73. The fraction of sp³-hybridized carbons (Fsp3) is 0. The van der Waals surface area contributed by atoms with Crippen molar-refractivity contribution in [2.75, 3.05) is 0 Å². The van der Waals surface area contributed by atoms with Crippen molar-refractivity contribution < 1.29 is 19.8 Å². The van der Waals surface area contributed by atoms with Gasteiger partial charge in [-0.15, -0.1) is 6.42 Å². The average Bonchev–Trinajstić information content (AvgIpc) is 2.46. The molecule has 0 amide bonds. The minimum atomic E-state index is -1.25. The number of benzene rings is 2. The third-order valence-electron chi connectivity index (χ3n) is 2.88. The number of hydrogen-bond donors (Lipinski definition) is 2. The van der Waals surface area contributed by atoms with E-state index in [1.54, 1.807) is 30.3 Å². The molecule has 0 fully saturated rings. The summed E-state index contributed by atoms with van der Waals surface area (Å²) in [5.41, 5.74) is 0.587. The molecule has 2 rings (SSSR count). The van der Waals surface area contributed by atoms with Gasteiger partial charge in [0.1, 0.15) is 0 Å². The molecular weight excluding hydrogens is 256 g/mol. The van der Waals surface area contributed by atoms with Crippen LogP contribution in [0.3, 0.4) is 0 Å². The molecule has 98 valence electrons. The maximum atomic E-state index is 11.5. The average molecular weight is 266 g/mol. The molecule has 0 atom stereocenters. The molecule has 0 aliphatic carbocycles. The summed E-state index contributed by atoms with van der Waals surface area (Å²) >= 11 is 0. The van der Waals surface area contributed by atoms with Crippen LogP contribution in [0, 0.1) is 12.3 Å². The zero-order valence-corrected chi connectivity index (χ0v) is 10.3. The highest BCUT2D eigenvalue weighted by atomic mass is 16.4. The summed E-state index contributed by atoms with van der Waals surface area (Å²) < 4.78 is 0. The summed E-state index contributed by atoms with van der Waals surface area (Å²) in [5.74, 6) is -0.325. The number of aromatic carboxylic acids is 2. The van der Waals surface area contributed by atoms with E-state index in [4.69, 9.17) is 11.5 Å². The Balaban J connectivity index is 2.82. The van der Waals surface area contributed by atoms with Crippen molar-refractivity contribution in [2.24, 2.45) is 0 Å². The lowest BCUT2D eigenvalue weighted by Gasteiger charge is -2.11. The van der Waals surface area contributed by atoms with Gasteiger partial charge in [-0.25, -0.2) is 9.59 Å². The van der Waals surface area contributed by atoms with Crippen LogP contribution in [0.15, 0.2) is 42.5 Å². The first-order valence-electron chi connectivity index (χ1n) is 5.72. The van der Waals surface area contributed by atoms with Crippen LogP contribution in [0.1, 0.15) is 26.3 Å². The van der Waals surface area contributed by atoms with E-state index in [9.17, 15) is 14.7 Å². The van der Waals surface area contributed by atoms with Crippen LogP contribution in [0.4, 0.5) is 0 Å². The Bertz CT molecular complexity index is 724. The Hall–Kier alpha value is -3.06. The van der Waals surface area contributed by atoms with E-state index >= 15 is 0 Å². The van der Waals surface area contributed by atoms with Gasteiger partial charge in [0.15, 0.2) is 0 Å². The molecular formula is C16H10O4. The van der Waals surface area contributed by atoms with Gasteiger partial charge >= 0.3 is 11.9 Å². The highest BCUT2D eigenvalue weighted by Gasteiger charge is 2.21. The van der Waals surface area contributed by atoms with E-state index in [0.717, 1.165) is 0 Å². The monoisotopic (exact) mass is 266 g/mol. The molecule has 0 heterocycles. The minimum absolute atomic E-state index is 0.119. The third-order valence-corrected chi connectivity index (χ3v) is 2.88. The van der Waals surface area contributed by atoms with Crippen LogP contribution in [0.2, 0.25) is 0 Å². The largest absolute Gasteiger partial charge is 0.478 e. The van der Waals surface area contributed by atoms with Crippen LogP contribution in [-0.2, 0) is 0 Å². The van der Waals surface area contributed by atoms with Gasteiger partial charge in [-0.1, -0.05) is 42.3 Å². The van der Waals surface area contributed by atoms with Gasteiger partial charge < -0.3 is 10.2 Å². The Labute approximate surface area is 115 Å². The van der Waals surface area contributed by atoms with Gasteiger partial charge in [-0.05, 0) is 17.2 Å². The summed E-state index contributed by atoms with van der Waals surface area (Å²) in [7, 11) is 0. The molecule has 4 heteroatoms. The van der Waals surface area contributed by atoms with Crippen LogP contribution < -0.4 is 0 Å². The van der Waals surface area contributed by atoms with Crippen LogP contribution in [-0.4, -0.2) is 22.2 Å². The van der Waals surface area contributed by atoms with E-state index < -0.39 is 11.9 Å². The second kappa shape index (κ2) is 5.29. The lowest BCUT2D eigenvalue weighted by Crippen LogP contribution is -2.09. The summed E-state index contributed by atoms with van der Waals surface area (Å²) in [4.78, 5) is 22.6. The third kappa shape index (κ3) is 2.25. The summed E-state index contributed by atoms with van der Waals surface area (Å²) in [5, 5.41) is 18.4. The van der Waals surface area contributed by atoms with Gasteiger partial charge in [-0.2, -0.15) is 0 Å². The van der Waals surface area contributed by atoms with Crippen LogP contribution in [0.25, 0.3) is 11.1 Å². The second-order valence-electron chi connectivity index (χ2n) is 4.03. The van der Waals surface area contributed by atoms with Crippen molar-refractivity contribution in [3.8, 4) is 23.5 Å². The van der Waals surface area contributed by atoms with E-state index in [0.29, 0.717) is 11.1 Å². The molecule has 0 saturated carbocycles. The molecule has 0 bridgehead atoms. The van der Waals surface area contributed by atoms with Crippen LogP contribution >= 0.6 is 0 Å². The zero-order chi connectivity index (χ0) is 14.7. The molecule has 0 saturated heterocycles. The van der Waals surface area contributed by atoms with Crippen molar-refractivity contribution in [1.82, 2.24) is 0 Å². The maximum Gasteiger partial charge on any atom is 0.337 e. The first-order chi connectivity index (χ1) is 9.56. The standard InChI is InChI=1S/C16H10O4/c1-2-11-13(15(17)18)9-8-12(14(11)16(19)20)10-6-4-3-5-7-10/h1,3-9H,(H,17,18)(H,19,20). The second-order valence-corrected chi connectivity index (χ2v) is 4.03. The van der Waals surface area contributed by atoms with E-state index in [1.807, 2.05) is 0 Å². The van der Waals surface area contributed by atoms with Crippen molar-refractivity contribution in [1.29, 1.82) is 0 Å². The molecule has 0 aliphatic heterocycles. The molecule has 2 aromatic rings. The predicted molar refractivity (Wildman–Crippen MR) is 73.7 cm³/mol. The number of carbonyl (C=O) groups is 2. The summed E-state index contributed by atoms with van der Waals surface area (Å²) in [6, 6.07) is 11.6. The molecule has 2 aromatic carbocycles. The van der Waals surface area contributed by atoms with Gasteiger partial charge in [0.05, 0.1) is 16.7 Å².